The Morgan fingerprint density at radius 3 is 2.58 bits per heavy atom. The van der Waals surface area contributed by atoms with Gasteiger partial charge in [0.1, 0.15) is 6.61 Å². The summed E-state index contributed by atoms with van der Waals surface area (Å²) in [5, 5.41) is 2.92. The number of hydrogen-bond donors (Lipinski definition) is 1. The predicted molar refractivity (Wildman–Crippen MR) is 51.1 cm³/mol. The van der Waals surface area contributed by atoms with Gasteiger partial charge < -0.3 is 10.1 Å². The highest BCUT2D eigenvalue weighted by molar-refractivity contribution is 5.75. The van der Waals surface area contributed by atoms with Gasteiger partial charge in [-0.3, -0.25) is 4.79 Å². The van der Waals surface area contributed by atoms with E-state index in [0.29, 0.717) is 13.2 Å². The number of hydrogen-bond acceptors (Lipinski definition) is 3. The molecule has 0 saturated heterocycles. The molecule has 0 aromatic rings. The Balaban J connectivity index is 0. The highest BCUT2D eigenvalue weighted by atomic mass is 16.5. The van der Waals surface area contributed by atoms with Crippen molar-refractivity contribution in [1.82, 2.24) is 5.32 Å². The molecule has 0 atom stereocenters. The molecule has 0 unspecified atom stereocenters. The van der Waals surface area contributed by atoms with E-state index in [0.717, 1.165) is 6.42 Å². The van der Waals surface area contributed by atoms with Crippen LogP contribution in [0, 0.1) is 5.41 Å². The van der Waals surface area contributed by atoms with Gasteiger partial charge in [0.2, 0.25) is 0 Å². The minimum absolute atomic E-state index is 0. The van der Waals surface area contributed by atoms with Crippen LogP contribution < -0.4 is 5.32 Å². The molecular formula is C9H21NO2. The van der Waals surface area contributed by atoms with Gasteiger partial charge in [-0.1, -0.05) is 6.92 Å². The molecule has 0 spiro atoms. The van der Waals surface area contributed by atoms with E-state index in [2.05, 4.69) is 5.32 Å². The van der Waals surface area contributed by atoms with Crippen molar-refractivity contribution in [2.24, 2.45) is 5.41 Å². The number of carbonyl (C=O) groups excluding carboxylic acids is 1. The van der Waals surface area contributed by atoms with Crippen LogP contribution in [0.25, 0.3) is 0 Å². The quantitative estimate of drug-likeness (QED) is 0.507. The van der Waals surface area contributed by atoms with Crippen LogP contribution in [0.15, 0.2) is 0 Å². The number of esters is 1. The van der Waals surface area contributed by atoms with E-state index >= 15 is 0 Å². The normalized spacial score (nSPS) is 11.3. The zero-order chi connectivity index (χ0) is 9.61. The molecule has 12 heavy (non-hydrogen) atoms. The molecule has 0 saturated carbocycles. The van der Waals surface area contributed by atoms with E-state index < -0.39 is 0 Å². The highest BCUT2D eigenvalue weighted by Gasteiger charge is 2.26. The summed E-state index contributed by atoms with van der Waals surface area (Å²) in [6.07, 6.45) is 0.811. The van der Waals surface area contributed by atoms with Crippen LogP contribution in [0.4, 0.5) is 0 Å². The molecule has 1 N–H and O–H groups in total. The molecule has 3 nitrogen and oxygen atoms in total. The second-order valence-electron chi connectivity index (χ2n) is 3.48. The van der Waals surface area contributed by atoms with E-state index in [1.165, 1.54) is 0 Å². The van der Waals surface area contributed by atoms with Crippen molar-refractivity contribution < 1.29 is 11.0 Å². The SMILES string of the molecule is CCC(C)(C)C(=O)OCCNC.[HH]. The van der Waals surface area contributed by atoms with E-state index in [1.807, 2.05) is 27.8 Å². The molecule has 0 fully saturated rings. The third-order valence-electron chi connectivity index (χ3n) is 2.02. The van der Waals surface area contributed by atoms with Gasteiger partial charge in [0.15, 0.2) is 0 Å². The number of likely N-dealkylation sites (N-methyl/N-ethyl adjacent to an activating group) is 1. The number of rotatable bonds is 5. The zero-order valence-corrected chi connectivity index (χ0v) is 8.44. The fourth-order valence-corrected chi connectivity index (χ4v) is 0.585. The van der Waals surface area contributed by atoms with Crippen LogP contribution in [0.2, 0.25) is 0 Å². The lowest BCUT2D eigenvalue weighted by Gasteiger charge is -2.20. The summed E-state index contributed by atoms with van der Waals surface area (Å²) in [6, 6.07) is 0. The van der Waals surface area contributed by atoms with Gasteiger partial charge in [-0.2, -0.15) is 0 Å². The molecule has 0 aromatic heterocycles. The molecule has 3 heteroatoms. The molecule has 0 heterocycles. The average molecular weight is 175 g/mol. The standard InChI is InChI=1S/C9H19NO2.H2/c1-5-9(2,3)8(11)12-7-6-10-4;/h10H,5-7H2,1-4H3;1H. The van der Waals surface area contributed by atoms with Gasteiger partial charge in [-0.25, -0.2) is 0 Å². The summed E-state index contributed by atoms with van der Waals surface area (Å²) in [5.74, 6) is -0.111. The van der Waals surface area contributed by atoms with E-state index in [1.54, 1.807) is 0 Å². The summed E-state index contributed by atoms with van der Waals surface area (Å²) in [5.41, 5.74) is -0.340. The molecule has 74 valence electrons. The molecule has 0 aliphatic rings. The summed E-state index contributed by atoms with van der Waals surface area (Å²) < 4.78 is 5.04. The topological polar surface area (TPSA) is 38.3 Å². The highest BCUT2D eigenvalue weighted by Crippen LogP contribution is 2.20. The molecule has 0 rings (SSSR count). The third-order valence-corrected chi connectivity index (χ3v) is 2.02. The first-order valence-electron chi connectivity index (χ1n) is 4.36. The first-order chi connectivity index (χ1) is 5.54. The van der Waals surface area contributed by atoms with Crippen LogP contribution in [0.1, 0.15) is 28.6 Å². The van der Waals surface area contributed by atoms with Gasteiger partial charge in [-0.05, 0) is 27.3 Å². The summed E-state index contributed by atoms with van der Waals surface area (Å²) in [6.45, 7) is 6.95. The Kier molecular flexibility index (Phi) is 4.90. The molecule has 0 amide bonds. The first kappa shape index (κ1) is 11.4. The molecule has 0 radical (unpaired) electrons. The van der Waals surface area contributed by atoms with Crippen LogP contribution in [-0.2, 0) is 9.53 Å². The van der Waals surface area contributed by atoms with Gasteiger partial charge in [-0.15, -0.1) is 0 Å². The van der Waals surface area contributed by atoms with Gasteiger partial charge in [0.05, 0.1) is 5.41 Å². The maximum atomic E-state index is 11.3. The lowest BCUT2D eigenvalue weighted by molar-refractivity contribution is -0.153. The fraction of sp³-hybridized carbons (Fsp3) is 0.889. The Morgan fingerprint density at radius 1 is 1.58 bits per heavy atom. The molecule has 0 aliphatic heterocycles. The Hall–Kier alpha value is -0.570. The first-order valence-corrected chi connectivity index (χ1v) is 4.36. The Labute approximate surface area is 76.0 Å². The molecular weight excluding hydrogens is 154 g/mol. The molecule has 0 aliphatic carbocycles. The van der Waals surface area contributed by atoms with Crippen LogP contribution in [0.5, 0.6) is 0 Å². The van der Waals surface area contributed by atoms with Crippen LogP contribution in [0.3, 0.4) is 0 Å². The minimum atomic E-state index is -0.340. The smallest absolute Gasteiger partial charge is 0.311 e. The van der Waals surface area contributed by atoms with Gasteiger partial charge in [0, 0.05) is 7.97 Å². The van der Waals surface area contributed by atoms with Crippen molar-refractivity contribution in [3.05, 3.63) is 0 Å². The lowest BCUT2D eigenvalue weighted by atomic mass is 9.91. The number of carbonyl (C=O) groups is 1. The largest absolute Gasteiger partial charge is 0.464 e. The summed E-state index contributed by atoms with van der Waals surface area (Å²) >= 11 is 0. The Bertz CT molecular complexity index is 149. The third kappa shape index (κ3) is 3.72. The minimum Gasteiger partial charge on any atom is -0.464 e. The Morgan fingerprint density at radius 2 is 2.17 bits per heavy atom. The van der Waals surface area contributed by atoms with Gasteiger partial charge in [0.25, 0.3) is 0 Å². The van der Waals surface area contributed by atoms with Gasteiger partial charge >= 0.3 is 5.97 Å². The fourth-order valence-electron chi connectivity index (χ4n) is 0.585. The lowest BCUT2D eigenvalue weighted by Crippen LogP contribution is -2.28. The van der Waals surface area contributed by atoms with Crippen molar-refractivity contribution in [3.8, 4) is 0 Å². The maximum absolute atomic E-state index is 11.3. The predicted octanol–water partition coefficient (Wildman–Crippen LogP) is 1.43. The number of nitrogens with one attached hydrogen (secondary N) is 1. The van der Waals surface area contributed by atoms with Crippen molar-refractivity contribution in [2.45, 2.75) is 27.2 Å². The average Bonchev–Trinajstić information content (AvgIpc) is 2.05. The number of ether oxygens (including phenoxy) is 1. The van der Waals surface area contributed by atoms with Crippen LogP contribution in [-0.4, -0.2) is 26.2 Å². The van der Waals surface area contributed by atoms with E-state index in [-0.39, 0.29) is 12.8 Å². The summed E-state index contributed by atoms with van der Waals surface area (Å²) in [7, 11) is 1.83. The van der Waals surface area contributed by atoms with Crippen molar-refractivity contribution in [3.63, 3.8) is 0 Å². The monoisotopic (exact) mass is 175 g/mol. The van der Waals surface area contributed by atoms with Crippen LogP contribution >= 0.6 is 0 Å². The van der Waals surface area contributed by atoms with Crippen molar-refractivity contribution in [1.29, 1.82) is 0 Å². The molecule has 0 bridgehead atoms. The molecule has 0 aromatic carbocycles. The van der Waals surface area contributed by atoms with E-state index in [4.69, 9.17) is 4.74 Å². The van der Waals surface area contributed by atoms with Crippen molar-refractivity contribution >= 4 is 5.97 Å². The maximum Gasteiger partial charge on any atom is 0.311 e. The van der Waals surface area contributed by atoms with Crippen molar-refractivity contribution in [2.75, 3.05) is 20.2 Å². The zero-order valence-electron chi connectivity index (χ0n) is 8.44. The summed E-state index contributed by atoms with van der Waals surface area (Å²) in [4.78, 5) is 11.3. The van der Waals surface area contributed by atoms with E-state index in [9.17, 15) is 4.79 Å². The second kappa shape index (κ2) is 5.14. The second-order valence-corrected chi connectivity index (χ2v) is 3.48.